The number of ether oxygens (including phenoxy) is 1. The lowest BCUT2D eigenvalue weighted by Gasteiger charge is -2.43. The van der Waals surface area contributed by atoms with Crippen LogP contribution in [0.25, 0.3) is 0 Å². The number of carbonyl (C=O) groups excluding carboxylic acids is 3. The quantitative estimate of drug-likeness (QED) is 0.521. The van der Waals surface area contributed by atoms with Crippen molar-refractivity contribution in [2.45, 2.75) is 85.4 Å². The summed E-state index contributed by atoms with van der Waals surface area (Å²) in [6.45, 7) is 21.0. The predicted molar refractivity (Wildman–Crippen MR) is 153 cm³/mol. The van der Waals surface area contributed by atoms with Gasteiger partial charge in [-0.2, -0.15) is 0 Å². The van der Waals surface area contributed by atoms with E-state index in [4.69, 9.17) is 4.74 Å². The second-order valence-electron chi connectivity index (χ2n) is 12.5. The molecule has 0 spiro atoms. The van der Waals surface area contributed by atoms with Crippen LogP contribution in [0.4, 0.5) is 9.59 Å². The number of urea groups is 2. The van der Waals surface area contributed by atoms with Crippen molar-refractivity contribution >= 4 is 18.0 Å². The van der Waals surface area contributed by atoms with Gasteiger partial charge in [-0.15, -0.1) is 0 Å². The number of hydrogen-bond donors (Lipinski definition) is 2. The Labute approximate surface area is 233 Å². The first-order valence-corrected chi connectivity index (χ1v) is 14.1. The summed E-state index contributed by atoms with van der Waals surface area (Å²) >= 11 is 0. The number of esters is 1. The van der Waals surface area contributed by atoms with Crippen LogP contribution in [0.15, 0.2) is 35.5 Å². The molecule has 39 heavy (non-hydrogen) atoms. The summed E-state index contributed by atoms with van der Waals surface area (Å²) in [5.41, 5.74) is 2.80. The molecule has 2 N–H and O–H groups in total. The Morgan fingerprint density at radius 2 is 1.69 bits per heavy atom. The molecule has 0 aromatic heterocycles. The second-order valence-corrected chi connectivity index (χ2v) is 12.5. The second kappa shape index (κ2) is 12.0. The molecule has 9 nitrogen and oxygen atoms in total. The van der Waals surface area contributed by atoms with E-state index in [0.29, 0.717) is 44.0 Å². The van der Waals surface area contributed by atoms with Crippen molar-refractivity contribution in [2.75, 3.05) is 39.3 Å². The number of carbonyl (C=O) groups is 3. The summed E-state index contributed by atoms with van der Waals surface area (Å²) in [4.78, 5) is 45.3. The number of piperazine rings is 1. The van der Waals surface area contributed by atoms with Gasteiger partial charge in [0.25, 0.3) is 0 Å². The lowest BCUT2D eigenvalue weighted by molar-refractivity contribution is -0.139. The third-order valence-electron chi connectivity index (χ3n) is 7.19. The minimum Gasteiger partial charge on any atom is -0.463 e. The number of rotatable bonds is 6. The molecule has 0 radical (unpaired) electrons. The van der Waals surface area contributed by atoms with Gasteiger partial charge in [0.15, 0.2) is 0 Å². The van der Waals surface area contributed by atoms with Gasteiger partial charge >= 0.3 is 18.0 Å². The normalized spacial score (nSPS) is 21.1. The largest absolute Gasteiger partial charge is 0.463 e. The lowest BCUT2D eigenvalue weighted by atomic mass is 9.85. The van der Waals surface area contributed by atoms with Gasteiger partial charge in [-0.3, -0.25) is 9.80 Å². The van der Waals surface area contributed by atoms with Gasteiger partial charge in [-0.05, 0) is 58.1 Å². The number of nitrogens with one attached hydrogen (secondary N) is 2. The van der Waals surface area contributed by atoms with Crippen molar-refractivity contribution in [2.24, 2.45) is 0 Å². The van der Waals surface area contributed by atoms with E-state index < -0.39 is 12.0 Å². The summed E-state index contributed by atoms with van der Waals surface area (Å²) in [7, 11) is 0. The fraction of sp³-hybridized carbons (Fsp3) is 0.633. The van der Waals surface area contributed by atoms with Crippen LogP contribution in [0.2, 0.25) is 0 Å². The van der Waals surface area contributed by atoms with Crippen LogP contribution in [0.5, 0.6) is 0 Å². The molecule has 1 aromatic rings. The summed E-state index contributed by atoms with van der Waals surface area (Å²) in [5.74, 6) is -0.424. The fourth-order valence-corrected chi connectivity index (χ4v) is 5.17. The van der Waals surface area contributed by atoms with Gasteiger partial charge in [-0.25, -0.2) is 14.4 Å². The van der Waals surface area contributed by atoms with Gasteiger partial charge < -0.3 is 20.3 Å². The first kappa shape index (κ1) is 30.5. The maximum Gasteiger partial charge on any atom is 0.338 e. The topological polar surface area (TPSA) is 94.2 Å². The summed E-state index contributed by atoms with van der Waals surface area (Å²) in [6.07, 6.45) is 0. The Morgan fingerprint density at radius 3 is 2.21 bits per heavy atom. The number of likely N-dealkylation sites (N-methyl/N-ethyl adjacent to an activating group) is 1. The molecule has 4 amide bonds. The third kappa shape index (κ3) is 7.32. The van der Waals surface area contributed by atoms with Crippen molar-refractivity contribution in [1.82, 2.24) is 25.3 Å². The van der Waals surface area contributed by atoms with Crippen LogP contribution < -0.4 is 10.6 Å². The van der Waals surface area contributed by atoms with Crippen LogP contribution in [-0.4, -0.2) is 83.6 Å². The molecule has 0 aliphatic carbocycles. The predicted octanol–water partition coefficient (Wildman–Crippen LogP) is 4.40. The van der Waals surface area contributed by atoms with E-state index in [1.165, 1.54) is 5.56 Å². The Balaban J connectivity index is 1.95. The van der Waals surface area contributed by atoms with Crippen LogP contribution in [0.3, 0.4) is 0 Å². The molecule has 2 atom stereocenters. The molecule has 2 heterocycles. The molecule has 0 bridgehead atoms. The van der Waals surface area contributed by atoms with Gasteiger partial charge in [0, 0.05) is 50.0 Å². The standard InChI is InChI=1S/C30H47N5O4/c1-10-34-23(19-33-16-17-35(20(3)18-33)28(38)32-30(7,8)9)24(26(36)39-11-2)25(31-27(34)37)21-12-14-22(15-13-21)29(4,5)6/h12-15,20,25H,10-11,16-19H2,1-9H3,(H,31,37)(H,32,38)/t20-,25-/m0/s1. The molecule has 216 valence electrons. The molecule has 1 aromatic carbocycles. The Kier molecular flexibility index (Phi) is 9.36. The highest BCUT2D eigenvalue weighted by Gasteiger charge is 2.39. The van der Waals surface area contributed by atoms with Crippen molar-refractivity contribution < 1.29 is 19.1 Å². The van der Waals surface area contributed by atoms with Gasteiger partial charge in [0.1, 0.15) is 0 Å². The highest BCUT2D eigenvalue weighted by molar-refractivity contribution is 5.95. The molecule has 2 aliphatic heterocycles. The maximum absolute atomic E-state index is 13.4. The zero-order chi connectivity index (χ0) is 29.1. The zero-order valence-electron chi connectivity index (χ0n) is 25.2. The first-order chi connectivity index (χ1) is 18.2. The zero-order valence-corrected chi connectivity index (χ0v) is 25.2. The highest BCUT2D eigenvalue weighted by atomic mass is 16.5. The van der Waals surface area contributed by atoms with Crippen molar-refractivity contribution in [3.63, 3.8) is 0 Å². The maximum atomic E-state index is 13.4. The molecule has 1 fully saturated rings. The van der Waals surface area contributed by atoms with E-state index in [9.17, 15) is 14.4 Å². The summed E-state index contributed by atoms with van der Waals surface area (Å²) in [5, 5.41) is 6.10. The average molecular weight is 542 g/mol. The molecule has 9 heteroatoms. The number of nitrogens with zero attached hydrogens (tertiary/aromatic N) is 3. The Hall–Kier alpha value is -3.07. The van der Waals surface area contributed by atoms with Crippen molar-refractivity contribution in [3.05, 3.63) is 46.7 Å². The fourth-order valence-electron chi connectivity index (χ4n) is 5.17. The molecule has 0 saturated carbocycles. The third-order valence-corrected chi connectivity index (χ3v) is 7.19. The van der Waals surface area contributed by atoms with E-state index in [1.54, 1.807) is 11.8 Å². The average Bonchev–Trinajstić information content (AvgIpc) is 2.82. The first-order valence-electron chi connectivity index (χ1n) is 14.1. The molecule has 0 unspecified atom stereocenters. The highest BCUT2D eigenvalue weighted by Crippen LogP contribution is 2.33. The smallest absolute Gasteiger partial charge is 0.338 e. The Morgan fingerprint density at radius 1 is 1.05 bits per heavy atom. The molecule has 1 saturated heterocycles. The molecule has 3 rings (SSSR count). The van der Waals surface area contributed by atoms with Gasteiger partial charge in [0.2, 0.25) is 0 Å². The van der Waals surface area contributed by atoms with E-state index in [-0.39, 0.29) is 35.7 Å². The Bertz CT molecular complexity index is 1080. The molecular formula is C30H47N5O4. The van der Waals surface area contributed by atoms with Crippen LogP contribution in [0.1, 0.15) is 79.5 Å². The number of hydrogen-bond acceptors (Lipinski definition) is 5. The summed E-state index contributed by atoms with van der Waals surface area (Å²) < 4.78 is 5.52. The summed E-state index contributed by atoms with van der Waals surface area (Å²) in [6, 6.07) is 7.13. The SMILES string of the molecule is CCOC(=O)C1=C(CN2CCN(C(=O)NC(C)(C)C)[C@@H](C)C2)N(CC)C(=O)N[C@H]1c1ccc(C(C)(C)C)cc1. The number of benzene rings is 1. The van der Waals surface area contributed by atoms with Crippen LogP contribution >= 0.6 is 0 Å². The number of amides is 4. The minimum atomic E-state index is -0.611. The van der Waals surface area contributed by atoms with E-state index in [0.717, 1.165) is 5.56 Å². The van der Waals surface area contributed by atoms with E-state index >= 15 is 0 Å². The minimum absolute atomic E-state index is 0.0130. The molecular weight excluding hydrogens is 494 g/mol. The van der Waals surface area contributed by atoms with Gasteiger partial charge in [-0.1, -0.05) is 45.0 Å². The van der Waals surface area contributed by atoms with Crippen LogP contribution in [0, 0.1) is 0 Å². The lowest BCUT2D eigenvalue weighted by Crippen LogP contribution is -2.59. The van der Waals surface area contributed by atoms with Crippen molar-refractivity contribution in [1.29, 1.82) is 0 Å². The van der Waals surface area contributed by atoms with E-state index in [1.807, 2.05) is 51.7 Å². The van der Waals surface area contributed by atoms with Crippen molar-refractivity contribution in [3.8, 4) is 0 Å². The van der Waals surface area contributed by atoms with Gasteiger partial charge in [0.05, 0.1) is 18.2 Å². The van der Waals surface area contributed by atoms with E-state index in [2.05, 4.69) is 48.4 Å². The molecule has 2 aliphatic rings. The van der Waals surface area contributed by atoms with Crippen LogP contribution in [-0.2, 0) is 14.9 Å². The monoisotopic (exact) mass is 541 g/mol.